The number of nitrogens with one attached hydrogen (secondary N) is 1. The van der Waals surface area contributed by atoms with Crippen LogP contribution in [-0.2, 0) is 14.3 Å². The number of anilines is 2. The topological polar surface area (TPSA) is 76.5 Å². The van der Waals surface area contributed by atoms with E-state index in [1.54, 1.807) is 22.6 Å². The number of hydrogen-bond acceptors (Lipinski definition) is 4. The molecular formula is C20H19FN4O3. The number of amides is 2. The fourth-order valence-corrected chi connectivity index (χ4v) is 3.44. The number of carbonyl (C=O) groups excluding carboxylic acids is 2. The predicted octanol–water partition coefficient (Wildman–Crippen LogP) is 2.74. The third-order valence-corrected chi connectivity index (χ3v) is 4.69. The molecule has 144 valence electrons. The first-order valence-corrected chi connectivity index (χ1v) is 8.91. The van der Waals surface area contributed by atoms with Crippen LogP contribution in [-0.4, -0.2) is 41.6 Å². The van der Waals surface area contributed by atoms with Crippen molar-refractivity contribution >= 4 is 34.5 Å². The Kier molecular flexibility index (Phi) is 4.79. The Hall–Kier alpha value is -3.26. The van der Waals surface area contributed by atoms with Gasteiger partial charge in [-0.05, 0) is 30.3 Å². The van der Waals surface area contributed by atoms with Crippen LogP contribution < -0.4 is 10.2 Å². The van der Waals surface area contributed by atoms with Crippen LogP contribution in [0.3, 0.4) is 0 Å². The van der Waals surface area contributed by atoms with E-state index in [9.17, 15) is 14.0 Å². The average molecular weight is 382 g/mol. The number of benzene rings is 2. The molecule has 0 saturated carbocycles. The van der Waals surface area contributed by atoms with Crippen molar-refractivity contribution in [3.05, 3.63) is 54.3 Å². The standard InChI is InChI=1S/C20H19FN4O3/c1-28-10-9-24-19(27)17(12-18(26)22-14-6-4-5-13(21)11-14)25-16-8-3-2-7-15(16)23-20(24)25/h2-8,11,17H,9-10,12H2,1H3,(H,22,26). The maximum atomic E-state index is 13.3. The zero-order chi connectivity index (χ0) is 19.7. The molecule has 1 atom stereocenters. The number of fused-ring (bicyclic) bond motifs is 3. The largest absolute Gasteiger partial charge is 0.383 e. The Balaban J connectivity index is 1.63. The van der Waals surface area contributed by atoms with E-state index in [2.05, 4.69) is 10.3 Å². The van der Waals surface area contributed by atoms with Crippen molar-refractivity contribution in [2.45, 2.75) is 12.5 Å². The summed E-state index contributed by atoms with van der Waals surface area (Å²) in [5.74, 6) is -0.517. The second-order valence-corrected chi connectivity index (χ2v) is 6.53. The lowest BCUT2D eigenvalue weighted by molar-refractivity contribution is -0.124. The fourth-order valence-electron chi connectivity index (χ4n) is 3.44. The summed E-state index contributed by atoms with van der Waals surface area (Å²) in [7, 11) is 1.56. The van der Waals surface area contributed by atoms with Gasteiger partial charge in [0.2, 0.25) is 11.9 Å². The smallest absolute Gasteiger partial charge is 0.253 e. The number of nitrogens with zero attached hydrogens (tertiary/aromatic N) is 3. The normalized spacial score (nSPS) is 15.9. The minimum atomic E-state index is -0.715. The molecule has 0 saturated heterocycles. The van der Waals surface area contributed by atoms with Gasteiger partial charge >= 0.3 is 0 Å². The Morgan fingerprint density at radius 3 is 2.86 bits per heavy atom. The second-order valence-electron chi connectivity index (χ2n) is 6.53. The number of ether oxygens (including phenoxy) is 1. The van der Waals surface area contributed by atoms with E-state index in [0.29, 0.717) is 24.8 Å². The van der Waals surface area contributed by atoms with Gasteiger partial charge in [0.15, 0.2) is 0 Å². The molecule has 1 aliphatic rings. The van der Waals surface area contributed by atoms with Crippen LogP contribution in [0.1, 0.15) is 12.5 Å². The molecule has 2 amide bonds. The van der Waals surface area contributed by atoms with Gasteiger partial charge in [0.1, 0.15) is 11.9 Å². The summed E-state index contributed by atoms with van der Waals surface area (Å²) in [5, 5.41) is 2.65. The van der Waals surface area contributed by atoms with Crippen molar-refractivity contribution in [1.82, 2.24) is 9.55 Å². The molecule has 1 N–H and O–H groups in total. The minimum absolute atomic E-state index is 0.0772. The van der Waals surface area contributed by atoms with E-state index < -0.39 is 11.9 Å². The van der Waals surface area contributed by atoms with Crippen molar-refractivity contribution in [2.24, 2.45) is 0 Å². The zero-order valence-electron chi connectivity index (χ0n) is 15.3. The van der Waals surface area contributed by atoms with E-state index in [-0.39, 0.29) is 18.2 Å². The summed E-state index contributed by atoms with van der Waals surface area (Å²) in [6, 6.07) is 12.4. The molecule has 2 heterocycles. The molecular weight excluding hydrogens is 363 g/mol. The lowest BCUT2D eigenvalue weighted by Crippen LogP contribution is -2.33. The van der Waals surface area contributed by atoms with Crippen LogP contribution in [0, 0.1) is 5.82 Å². The van der Waals surface area contributed by atoms with Crippen molar-refractivity contribution < 1.29 is 18.7 Å². The number of para-hydroxylation sites is 2. The third kappa shape index (κ3) is 3.22. The average Bonchev–Trinajstić information content (AvgIpc) is 3.16. The molecule has 4 rings (SSSR count). The SMILES string of the molecule is COCCN1C(=O)C(CC(=O)Nc2cccc(F)c2)n2c1nc1ccccc12. The fraction of sp³-hybridized carbons (Fsp3) is 0.250. The van der Waals surface area contributed by atoms with Gasteiger partial charge in [0.25, 0.3) is 5.91 Å². The summed E-state index contributed by atoms with van der Waals surface area (Å²) in [4.78, 5) is 31.6. The summed E-state index contributed by atoms with van der Waals surface area (Å²) in [6.07, 6.45) is -0.0772. The summed E-state index contributed by atoms with van der Waals surface area (Å²) in [6.45, 7) is 0.706. The van der Waals surface area contributed by atoms with Crippen LogP contribution in [0.15, 0.2) is 48.5 Å². The first-order valence-electron chi connectivity index (χ1n) is 8.91. The van der Waals surface area contributed by atoms with Crippen LogP contribution in [0.4, 0.5) is 16.0 Å². The number of halogens is 1. The summed E-state index contributed by atoms with van der Waals surface area (Å²) in [5.41, 5.74) is 1.89. The monoisotopic (exact) mass is 382 g/mol. The first-order chi connectivity index (χ1) is 13.6. The first kappa shape index (κ1) is 18.1. The van der Waals surface area contributed by atoms with Gasteiger partial charge in [0, 0.05) is 12.8 Å². The maximum Gasteiger partial charge on any atom is 0.253 e. The molecule has 0 spiro atoms. The second kappa shape index (κ2) is 7.40. The molecule has 0 aliphatic carbocycles. The van der Waals surface area contributed by atoms with Gasteiger partial charge in [-0.2, -0.15) is 0 Å². The lowest BCUT2D eigenvalue weighted by atomic mass is 10.1. The number of rotatable bonds is 6. The van der Waals surface area contributed by atoms with E-state index in [1.807, 2.05) is 24.3 Å². The van der Waals surface area contributed by atoms with Crippen LogP contribution in [0.25, 0.3) is 11.0 Å². The molecule has 0 radical (unpaired) electrons. The number of aromatic nitrogens is 2. The van der Waals surface area contributed by atoms with E-state index >= 15 is 0 Å². The predicted molar refractivity (Wildman–Crippen MR) is 103 cm³/mol. The highest BCUT2D eigenvalue weighted by Crippen LogP contribution is 2.36. The Bertz CT molecular complexity index is 1050. The molecule has 3 aromatic rings. The number of imidazole rings is 1. The quantitative estimate of drug-likeness (QED) is 0.711. The molecule has 7 nitrogen and oxygen atoms in total. The Labute approximate surface area is 160 Å². The van der Waals surface area contributed by atoms with Gasteiger partial charge in [-0.15, -0.1) is 0 Å². The summed E-state index contributed by atoms with van der Waals surface area (Å²) < 4.78 is 20.2. The molecule has 1 aromatic heterocycles. The van der Waals surface area contributed by atoms with Gasteiger partial charge in [-0.1, -0.05) is 18.2 Å². The molecule has 1 unspecified atom stereocenters. The van der Waals surface area contributed by atoms with Gasteiger partial charge in [-0.3, -0.25) is 19.1 Å². The van der Waals surface area contributed by atoms with Crippen LogP contribution in [0.2, 0.25) is 0 Å². The maximum absolute atomic E-state index is 13.3. The van der Waals surface area contributed by atoms with Crippen LogP contribution >= 0.6 is 0 Å². The van der Waals surface area contributed by atoms with Gasteiger partial charge in [0.05, 0.1) is 30.6 Å². The molecule has 1 aliphatic heterocycles. The Morgan fingerprint density at radius 2 is 2.07 bits per heavy atom. The molecule has 8 heteroatoms. The molecule has 2 aromatic carbocycles. The number of methoxy groups -OCH3 is 1. The lowest BCUT2D eigenvalue weighted by Gasteiger charge is -2.15. The number of carbonyl (C=O) groups is 2. The minimum Gasteiger partial charge on any atom is -0.383 e. The van der Waals surface area contributed by atoms with Crippen molar-refractivity contribution in [3.8, 4) is 0 Å². The molecule has 0 bridgehead atoms. The highest BCUT2D eigenvalue weighted by atomic mass is 19.1. The van der Waals surface area contributed by atoms with E-state index in [0.717, 1.165) is 11.0 Å². The van der Waals surface area contributed by atoms with E-state index in [1.165, 1.54) is 18.2 Å². The third-order valence-electron chi connectivity index (χ3n) is 4.69. The Morgan fingerprint density at radius 1 is 1.25 bits per heavy atom. The highest BCUT2D eigenvalue weighted by Gasteiger charge is 2.40. The summed E-state index contributed by atoms with van der Waals surface area (Å²) >= 11 is 0. The van der Waals surface area contributed by atoms with Crippen molar-refractivity contribution in [2.75, 3.05) is 30.5 Å². The van der Waals surface area contributed by atoms with Crippen molar-refractivity contribution in [1.29, 1.82) is 0 Å². The molecule has 28 heavy (non-hydrogen) atoms. The number of hydrogen-bond donors (Lipinski definition) is 1. The van der Waals surface area contributed by atoms with Gasteiger partial charge < -0.3 is 10.1 Å². The molecule has 0 fully saturated rings. The van der Waals surface area contributed by atoms with Gasteiger partial charge in [-0.25, -0.2) is 9.37 Å². The zero-order valence-corrected chi connectivity index (χ0v) is 15.3. The van der Waals surface area contributed by atoms with Crippen LogP contribution in [0.5, 0.6) is 0 Å². The van der Waals surface area contributed by atoms with E-state index in [4.69, 9.17) is 4.74 Å². The highest BCUT2D eigenvalue weighted by molar-refractivity contribution is 6.05. The van der Waals surface area contributed by atoms with Crippen molar-refractivity contribution in [3.63, 3.8) is 0 Å².